The third-order valence-corrected chi connectivity index (χ3v) is 2.35. The SMILES string of the molecule is C=C(C)C(=O)OC.CC1=CC(=O)CC(C)(C)C1. The molecule has 1 aliphatic carbocycles. The third-order valence-electron chi connectivity index (χ3n) is 2.35. The van der Waals surface area contributed by atoms with E-state index in [0.29, 0.717) is 12.0 Å². The van der Waals surface area contributed by atoms with E-state index < -0.39 is 0 Å². The molecular formula is C14H22O3. The van der Waals surface area contributed by atoms with Crippen LogP contribution < -0.4 is 0 Å². The van der Waals surface area contributed by atoms with Crippen LogP contribution in [0, 0.1) is 5.41 Å². The minimum Gasteiger partial charge on any atom is -0.466 e. The van der Waals surface area contributed by atoms with Gasteiger partial charge in [-0.15, -0.1) is 0 Å². The van der Waals surface area contributed by atoms with E-state index in [-0.39, 0.29) is 17.2 Å². The first-order valence-corrected chi connectivity index (χ1v) is 5.62. The van der Waals surface area contributed by atoms with Gasteiger partial charge in [0.2, 0.25) is 0 Å². The third kappa shape index (κ3) is 6.72. The molecule has 0 spiro atoms. The van der Waals surface area contributed by atoms with Crippen LogP contribution in [-0.4, -0.2) is 18.9 Å². The zero-order valence-corrected chi connectivity index (χ0v) is 11.4. The van der Waals surface area contributed by atoms with Gasteiger partial charge in [0.05, 0.1) is 7.11 Å². The number of carbonyl (C=O) groups is 2. The van der Waals surface area contributed by atoms with E-state index in [1.54, 1.807) is 13.0 Å². The fourth-order valence-electron chi connectivity index (χ4n) is 1.84. The van der Waals surface area contributed by atoms with Crippen LogP contribution in [0.5, 0.6) is 0 Å². The lowest BCUT2D eigenvalue weighted by Gasteiger charge is -2.27. The molecule has 0 unspecified atom stereocenters. The molecule has 0 aromatic carbocycles. The maximum Gasteiger partial charge on any atom is 0.332 e. The summed E-state index contributed by atoms with van der Waals surface area (Å²) in [7, 11) is 1.33. The van der Waals surface area contributed by atoms with E-state index in [1.807, 2.05) is 6.92 Å². The molecule has 1 rings (SSSR count). The molecule has 1 aliphatic rings. The van der Waals surface area contributed by atoms with Crippen LogP contribution in [0.15, 0.2) is 23.8 Å². The second-order valence-corrected chi connectivity index (χ2v) is 5.25. The van der Waals surface area contributed by atoms with Crippen LogP contribution in [0.25, 0.3) is 0 Å². The molecule has 96 valence electrons. The van der Waals surface area contributed by atoms with Crippen molar-refractivity contribution in [3.8, 4) is 0 Å². The highest BCUT2D eigenvalue weighted by Crippen LogP contribution is 2.32. The Morgan fingerprint density at radius 1 is 1.41 bits per heavy atom. The summed E-state index contributed by atoms with van der Waals surface area (Å²) in [5.74, 6) is -0.0613. The van der Waals surface area contributed by atoms with Gasteiger partial charge in [-0.1, -0.05) is 26.0 Å². The van der Waals surface area contributed by atoms with Gasteiger partial charge in [-0.05, 0) is 31.8 Å². The Labute approximate surface area is 104 Å². The number of ether oxygens (including phenoxy) is 1. The summed E-state index contributed by atoms with van der Waals surface area (Å²) in [5.41, 5.74) is 1.86. The summed E-state index contributed by atoms with van der Waals surface area (Å²) in [6.07, 6.45) is 3.55. The summed E-state index contributed by atoms with van der Waals surface area (Å²) in [5, 5.41) is 0. The van der Waals surface area contributed by atoms with Crippen molar-refractivity contribution >= 4 is 11.8 Å². The van der Waals surface area contributed by atoms with Crippen molar-refractivity contribution in [1.29, 1.82) is 0 Å². The number of hydrogen-bond donors (Lipinski definition) is 0. The second kappa shape index (κ2) is 6.38. The number of carbonyl (C=O) groups excluding carboxylic acids is 2. The lowest BCUT2D eigenvalue weighted by molar-refractivity contribution is -0.136. The average molecular weight is 238 g/mol. The molecule has 0 aromatic heterocycles. The maximum atomic E-state index is 11.0. The van der Waals surface area contributed by atoms with Gasteiger partial charge in [0.15, 0.2) is 5.78 Å². The van der Waals surface area contributed by atoms with Gasteiger partial charge in [0, 0.05) is 12.0 Å². The Balaban J connectivity index is 0.000000325. The summed E-state index contributed by atoms with van der Waals surface area (Å²) in [6.45, 7) is 11.3. The van der Waals surface area contributed by atoms with Crippen molar-refractivity contribution < 1.29 is 14.3 Å². The quantitative estimate of drug-likeness (QED) is 0.521. The van der Waals surface area contributed by atoms with Crippen molar-refractivity contribution in [3.05, 3.63) is 23.8 Å². The first-order chi connectivity index (χ1) is 7.68. The van der Waals surface area contributed by atoms with Crippen molar-refractivity contribution in [2.24, 2.45) is 5.41 Å². The van der Waals surface area contributed by atoms with E-state index in [9.17, 15) is 9.59 Å². The zero-order valence-electron chi connectivity index (χ0n) is 11.4. The molecule has 0 atom stereocenters. The molecule has 0 aliphatic heterocycles. The maximum absolute atomic E-state index is 11.0. The smallest absolute Gasteiger partial charge is 0.332 e. The number of allylic oxidation sites excluding steroid dienone is 2. The molecular weight excluding hydrogens is 216 g/mol. The van der Waals surface area contributed by atoms with E-state index in [4.69, 9.17) is 0 Å². The van der Waals surface area contributed by atoms with E-state index in [2.05, 4.69) is 25.2 Å². The fourth-order valence-corrected chi connectivity index (χ4v) is 1.84. The lowest BCUT2D eigenvalue weighted by Crippen LogP contribution is -2.20. The van der Waals surface area contributed by atoms with Crippen molar-refractivity contribution in [2.45, 2.75) is 40.5 Å². The highest BCUT2D eigenvalue weighted by molar-refractivity contribution is 5.91. The van der Waals surface area contributed by atoms with Crippen LogP contribution in [0.2, 0.25) is 0 Å². The minimum atomic E-state index is -0.347. The highest BCUT2D eigenvalue weighted by Gasteiger charge is 2.25. The molecule has 0 N–H and O–H groups in total. The zero-order chi connectivity index (χ0) is 13.6. The summed E-state index contributed by atoms with van der Waals surface area (Å²) in [4.78, 5) is 21.2. The Bertz CT molecular complexity index is 348. The molecule has 0 bridgehead atoms. The first kappa shape index (κ1) is 15.6. The van der Waals surface area contributed by atoms with Crippen molar-refractivity contribution in [1.82, 2.24) is 0 Å². The topological polar surface area (TPSA) is 43.4 Å². The Morgan fingerprint density at radius 3 is 2.18 bits per heavy atom. The predicted molar refractivity (Wildman–Crippen MR) is 68.6 cm³/mol. The molecule has 17 heavy (non-hydrogen) atoms. The Morgan fingerprint density at radius 2 is 1.94 bits per heavy atom. The van der Waals surface area contributed by atoms with Gasteiger partial charge in [0.1, 0.15) is 0 Å². The number of methoxy groups -OCH3 is 1. The van der Waals surface area contributed by atoms with Gasteiger partial charge in [-0.3, -0.25) is 4.79 Å². The molecule has 3 heteroatoms. The number of esters is 1. The Hall–Kier alpha value is -1.38. The number of ketones is 1. The molecule has 0 heterocycles. The van der Waals surface area contributed by atoms with E-state index in [1.165, 1.54) is 12.7 Å². The van der Waals surface area contributed by atoms with Crippen LogP contribution in [0.1, 0.15) is 40.5 Å². The van der Waals surface area contributed by atoms with E-state index >= 15 is 0 Å². The van der Waals surface area contributed by atoms with Crippen molar-refractivity contribution in [2.75, 3.05) is 7.11 Å². The lowest BCUT2D eigenvalue weighted by atomic mass is 9.77. The molecule has 3 nitrogen and oxygen atoms in total. The second-order valence-electron chi connectivity index (χ2n) is 5.25. The molecule has 0 aromatic rings. The minimum absolute atomic E-state index is 0.204. The van der Waals surface area contributed by atoms with Gasteiger partial charge in [0.25, 0.3) is 0 Å². The van der Waals surface area contributed by atoms with Gasteiger partial charge < -0.3 is 4.74 Å². The highest BCUT2D eigenvalue weighted by atomic mass is 16.5. The summed E-state index contributed by atoms with van der Waals surface area (Å²) >= 11 is 0. The standard InChI is InChI=1S/C9H14O.C5H8O2/c1-7-4-8(10)6-9(2,3)5-7;1-4(2)5(6)7-3/h4H,5-6H2,1-3H3;1H2,2-3H3. The van der Waals surface area contributed by atoms with Gasteiger partial charge in [-0.25, -0.2) is 4.79 Å². The Kier molecular flexibility index (Phi) is 5.86. The summed E-state index contributed by atoms with van der Waals surface area (Å²) in [6, 6.07) is 0. The average Bonchev–Trinajstić information content (AvgIpc) is 2.13. The number of hydrogen-bond acceptors (Lipinski definition) is 3. The molecule has 0 saturated heterocycles. The normalized spacial score (nSPS) is 17.5. The summed E-state index contributed by atoms with van der Waals surface area (Å²) < 4.78 is 4.27. The molecule has 0 fully saturated rings. The fraction of sp³-hybridized carbons (Fsp3) is 0.571. The van der Waals surface area contributed by atoms with Crippen LogP contribution in [0.4, 0.5) is 0 Å². The van der Waals surface area contributed by atoms with E-state index in [0.717, 1.165) is 6.42 Å². The predicted octanol–water partition coefficient (Wildman–Crippen LogP) is 3.06. The molecule has 0 saturated carbocycles. The van der Waals surface area contributed by atoms with Gasteiger partial charge >= 0.3 is 5.97 Å². The van der Waals surface area contributed by atoms with Crippen molar-refractivity contribution in [3.63, 3.8) is 0 Å². The van der Waals surface area contributed by atoms with Crippen LogP contribution >= 0.6 is 0 Å². The van der Waals surface area contributed by atoms with Crippen LogP contribution in [0.3, 0.4) is 0 Å². The molecule has 0 amide bonds. The first-order valence-electron chi connectivity index (χ1n) is 5.62. The van der Waals surface area contributed by atoms with Crippen LogP contribution in [-0.2, 0) is 14.3 Å². The monoisotopic (exact) mass is 238 g/mol. The molecule has 0 radical (unpaired) electrons. The van der Waals surface area contributed by atoms with Gasteiger partial charge in [-0.2, -0.15) is 0 Å². The number of rotatable bonds is 1. The largest absolute Gasteiger partial charge is 0.466 e.